The summed E-state index contributed by atoms with van der Waals surface area (Å²) in [5.74, 6) is -0.00456. The molecule has 1 amide bonds. The average molecular weight is 414 g/mol. The van der Waals surface area contributed by atoms with E-state index in [4.69, 9.17) is 0 Å². The molecule has 0 aliphatic carbocycles. The van der Waals surface area contributed by atoms with Crippen molar-refractivity contribution in [1.29, 1.82) is 0 Å². The van der Waals surface area contributed by atoms with Gasteiger partial charge in [-0.3, -0.25) is 4.79 Å². The summed E-state index contributed by atoms with van der Waals surface area (Å²) in [5, 5.41) is 0. The Bertz CT molecular complexity index is 992. The fourth-order valence-corrected chi connectivity index (χ4v) is 5.76. The van der Waals surface area contributed by atoms with Gasteiger partial charge in [-0.25, -0.2) is 8.42 Å². The minimum Gasteiger partial charge on any atom is -0.370 e. The van der Waals surface area contributed by atoms with Crippen LogP contribution in [0.4, 0.5) is 11.4 Å². The lowest BCUT2D eigenvalue weighted by molar-refractivity contribution is -0.116. The Kier molecular flexibility index (Phi) is 5.61. The van der Waals surface area contributed by atoms with Gasteiger partial charge in [-0.2, -0.15) is 4.31 Å². The summed E-state index contributed by atoms with van der Waals surface area (Å²) in [7, 11) is -3.56. The zero-order valence-electron chi connectivity index (χ0n) is 16.8. The first kappa shape index (κ1) is 19.9. The van der Waals surface area contributed by atoms with Crippen molar-refractivity contribution in [3.63, 3.8) is 0 Å². The van der Waals surface area contributed by atoms with E-state index < -0.39 is 10.0 Å². The van der Waals surface area contributed by atoms with Crippen molar-refractivity contribution in [2.75, 3.05) is 42.5 Å². The summed E-state index contributed by atoms with van der Waals surface area (Å²) in [6.45, 7) is 4.74. The van der Waals surface area contributed by atoms with E-state index in [9.17, 15) is 13.2 Å². The van der Waals surface area contributed by atoms with Gasteiger partial charge >= 0.3 is 0 Å². The predicted molar refractivity (Wildman–Crippen MR) is 115 cm³/mol. The van der Waals surface area contributed by atoms with E-state index in [2.05, 4.69) is 17.0 Å². The van der Waals surface area contributed by atoms with Gasteiger partial charge < -0.3 is 9.80 Å². The molecule has 4 rings (SSSR count). The van der Waals surface area contributed by atoms with Crippen LogP contribution in [0, 0.1) is 0 Å². The van der Waals surface area contributed by atoms with Gasteiger partial charge in [-0.15, -0.1) is 0 Å². The number of benzene rings is 2. The van der Waals surface area contributed by atoms with Crippen LogP contribution in [-0.2, 0) is 21.2 Å². The van der Waals surface area contributed by atoms with E-state index in [-0.39, 0.29) is 5.91 Å². The predicted octanol–water partition coefficient (Wildman–Crippen LogP) is 2.89. The Morgan fingerprint density at radius 2 is 1.69 bits per heavy atom. The van der Waals surface area contributed by atoms with Crippen LogP contribution in [0.1, 0.15) is 25.3 Å². The summed E-state index contributed by atoms with van der Waals surface area (Å²) in [4.78, 5) is 16.2. The van der Waals surface area contributed by atoms with Crippen LogP contribution in [0.15, 0.2) is 53.4 Å². The Hall–Kier alpha value is -2.38. The van der Waals surface area contributed by atoms with Gasteiger partial charge in [0.25, 0.3) is 0 Å². The maximum Gasteiger partial charge on any atom is 0.243 e. The third kappa shape index (κ3) is 4.02. The fraction of sp³-hybridized carbons (Fsp3) is 0.409. The van der Waals surface area contributed by atoms with E-state index >= 15 is 0 Å². The van der Waals surface area contributed by atoms with E-state index in [1.165, 1.54) is 0 Å². The topological polar surface area (TPSA) is 60.9 Å². The van der Waals surface area contributed by atoms with E-state index in [1.54, 1.807) is 34.3 Å². The Morgan fingerprint density at radius 1 is 0.897 bits per heavy atom. The van der Waals surface area contributed by atoms with Crippen molar-refractivity contribution in [3.05, 3.63) is 54.1 Å². The SMILES string of the molecule is CC(=O)N1CCCc2cc(S(=O)(=O)N3CCCN(c4ccccc4)CC3)ccc21. The highest BCUT2D eigenvalue weighted by atomic mass is 32.2. The molecule has 2 aromatic rings. The first-order valence-electron chi connectivity index (χ1n) is 10.2. The molecule has 0 atom stereocenters. The molecule has 0 bridgehead atoms. The average Bonchev–Trinajstić information content (AvgIpc) is 3.00. The van der Waals surface area contributed by atoms with Crippen molar-refractivity contribution in [2.24, 2.45) is 0 Å². The number of anilines is 2. The van der Waals surface area contributed by atoms with Crippen molar-refractivity contribution in [3.8, 4) is 0 Å². The van der Waals surface area contributed by atoms with Gasteiger partial charge in [0.1, 0.15) is 0 Å². The second kappa shape index (κ2) is 8.16. The number of rotatable bonds is 3. The van der Waals surface area contributed by atoms with Crippen LogP contribution in [0.5, 0.6) is 0 Å². The standard InChI is InChI=1S/C22H27N3O3S/c1-18(26)25-14-5-7-19-17-21(10-11-22(19)25)29(27,28)24-13-6-12-23(15-16-24)20-8-3-2-4-9-20/h2-4,8-11,17H,5-7,12-16H2,1H3. The zero-order chi connectivity index (χ0) is 20.4. The Labute approximate surface area is 172 Å². The van der Waals surface area contributed by atoms with E-state index in [0.717, 1.165) is 42.7 Å². The normalized spacial score (nSPS) is 18.2. The molecule has 29 heavy (non-hydrogen) atoms. The second-order valence-electron chi connectivity index (χ2n) is 7.64. The van der Waals surface area contributed by atoms with Gasteiger partial charge in [-0.05, 0) is 55.2 Å². The highest BCUT2D eigenvalue weighted by Crippen LogP contribution is 2.31. The van der Waals surface area contributed by atoms with Crippen LogP contribution in [-0.4, -0.2) is 51.4 Å². The summed E-state index contributed by atoms with van der Waals surface area (Å²) >= 11 is 0. The van der Waals surface area contributed by atoms with Gasteiger partial charge in [-0.1, -0.05) is 18.2 Å². The number of amides is 1. The second-order valence-corrected chi connectivity index (χ2v) is 9.58. The van der Waals surface area contributed by atoms with Crippen LogP contribution in [0.3, 0.4) is 0 Å². The zero-order valence-corrected chi connectivity index (χ0v) is 17.6. The summed E-state index contributed by atoms with van der Waals surface area (Å²) in [5.41, 5.74) is 2.91. The molecular formula is C22H27N3O3S. The minimum atomic E-state index is -3.56. The number of aryl methyl sites for hydroxylation is 1. The van der Waals surface area contributed by atoms with Gasteiger partial charge in [0.05, 0.1) is 4.90 Å². The molecule has 1 saturated heterocycles. The summed E-state index contributed by atoms with van der Waals surface area (Å²) in [6, 6.07) is 15.3. The Balaban J connectivity index is 1.55. The number of carbonyl (C=O) groups is 1. The maximum atomic E-state index is 13.3. The number of para-hydroxylation sites is 1. The van der Waals surface area contributed by atoms with Crippen LogP contribution in [0.2, 0.25) is 0 Å². The lowest BCUT2D eigenvalue weighted by Crippen LogP contribution is -2.36. The van der Waals surface area contributed by atoms with Crippen molar-refractivity contribution in [1.82, 2.24) is 4.31 Å². The first-order valence-corrected chi connectivity index (χ1v) is 11.6. The summed E-state index contributed by atoms with van der Waals surface area (Å²) < 4.78 is 28.2. The number of hydrogen-bond donors (Lipinski definition) is 0. The van der Waals surface area contributed by atoms with Gasteiger partial charge in [0, 0.05) is 51.0 Å². The molecule has 0 spiro atoms. The van der Waals surface area contributed by atoms with Crippen LogP contribution >= 0.6 is 0 Å². The van der Waals surface area contributed by atoms with E-state index in [1.807, 2.05) is 18.2 Å². The number of fused-ring (bicyclic) bond motifs is 1. The molecule has 6 nitrogen and oxygen atoms in total. The minimum absolute atomic E-state index is 0.00456. The van der Waals surface area contributed by atoms with Crippen LogP contribution < -0.4 is 9.80 Å². The molecule has 2 aromatic carbocycles. The lowest BCUT2D eigenvalue weighted by Gasteiger charge is -2.29. The Morgan fingerprint density at radius 3 is 2.45 bits per heavy atom. The largest absolute Gasteiger partial charge is 0.370 e. The molecule has 0 N–H and O–H groups in total. The third-order valence-corrected chi connectivity index (χ3v) is 7.66. The molecule has 2 heterocycles. The molecule has 1 fully saturated rings. The number of hydrogen-bond acceptors (Lipinski definition) is 4. The fourth-order valence-electron chi connectivity index (χ4n) is 4.24. The molecule has 7 heteroatoms. The molecule has 0 radical (unpaired) electrons. The maximum absolute atomic E-state index is 13.3. The molecule has 154 valence electrons. The monoisotopic (exact) mass is 413 g/mol. The van der Waals surface area contributed by atoms with Crippen molar-refractivity contribution < 1.29 is 13.2 Å². The molecule has 0 saturated carbocycles. The number of sulfonamides is 1. The third-order valence-electron chi connectivity index (χ3n) is 5.76. The van der Waals surface area contributed by atoms with E-state index in [0.29, 0.717) is 31.1 Å². The smallest absolute Gasteiger partial charge is 0.243 e. The highest BCUT2D eigenvalue weighted by molar-refractivity contribution is 7.89. The molecule has 0 unspecified atom stereocenters. The summed E-state index contributed by atoms with van der Waals surface area (Å²) in [6.07, 6.45) is 2.44. The highest BCUT2D eigenvalue weighted by Gasteiger charge is 2.29. The van der Waals surface area contributed by atoms with Gasteiger partial charge in [0.15, 0.2) is 0 Å². The van der Waals surface area contributed by atoms with Gasteiger partial charge in [0.2, 0.25) is 15.9 Å². The number of nitrogens with zero attached hydrogens (tertiary/aromatic N) is 3. The molecular weight excluding hydrogens is 386 g/mol. The van der Waals surface area contributed by atoms with Crippen molar-refractivity contribution >= 4 is 27.3 Å². The lowest BCUT2D eigenvalue weighted by atomic mass is 10.0. The molecule has 0 aromatic heterocycles. The molecule has 2 aliphatic rings. The molecule has 2 aliphatic heterocycles. The van der Waals surface area contributed by atoms with Crippen LogP contribution in [0.25, 0.3) is 0 Å². The number of carbonyl (C=O) groups excluding carboxylic acids is 1. The van der Waals surface area contributed by atoms with Crippen molar-refractivity contribution in [2.45, 2.75) is 31.1 Å². The first-order chi connectivity index (χ1) is 14.0. The quantitative estimate of drug-likeness (QED) is 0.776.